The second-order valence-electron chi connectivity index (χ2n) is 3.60. The molecule has 10 heteroatoms. The Hall–Kier alpha value is -2.62. The Balaban J connectivity index is 1.90. The Morgan fingerprint density at radius 2 is 2.20 bits per heavy atom. The summed E-state index contributed by atoms with van der Waals surface area (Å²) in [5.74, 6) is -0.953. The molecular weight excluding hydrogens is 284 g/mol. The van der Waals surface area contributed by atoms with Crippen LogP contribution in [0.2, 0.25) is 0 Å². The molecule has 2 aromatic rings. The summed E-state index contributed by atoms with van der Waals surface area (Å²) in [6.45, 7) is 1.72. The van der Waals surface area contributed by atoms with Gasteiger partial charge in [-0.05, 0) is 6.92 Å². The molecule has 0 saturated heterocycles. The lowest BCUT2D eigenvalue weighted by molar-refractivity contribution is 0.0701. The first-order valence-electron chi connectivity index (χ1n) is 5.44. The first-order chi connectivity index (χ1) is 9.56. The predicted molar refractivity (Wildman–Crippen MR) is 69.5 cm³/mol. The van der Waals surface area contributed by atoms with Crippen LogP contribution in [0.5, 0.6) is 0 Å². The number of carboxylic acids is 1. The number of hydrogen-bond acceptors (Lipinski definition) is 7. The molecule has 0 aliphatic rings. The van der Waals surface area contributed by atoms with Gasteiger partial charge in [-0.15, -0.1) is 16.4 Å². The van der Waals surface area contributed by atoms with E-state index in [1.54, 1.807) is 6.92 Å². The van der Waals surface area contributed by atoms with Gasteiger partial charge in [-0.25, -0.2) is 19.6 Å². The van der Waals surface area contributed by atoms with E-state index in [9.17, 15) is 9.59 Å². The van der Waals surface area contributed by atoms with Crippen LogP contribution in [0.1, 0.15) is 20.4 Å². The molecule has 3 N–H and O–H groups in total. The fourth-order valence-electron chi connectivity index (χ4n) is 1.33. The first-order valence-corrected chi connectivity index (χ1v) is 6.26. The number of thiazole rings is 1. The Bertz CT molecular complexity index is 629. The largest absolute Gasteiger partial charge is 0.477 e. The van der Waals surface area contributed by atoms with Crippen LogP contribution in [0.4, 0.5) is 10.7 Å². The molecule has 0 aliphatic heterocycles. The molecule has 0 fully saturated rings. The lowest BCUT2D eigenvalue weighted by Gasteiger charge is -2.03. The smallest absolute Gasteiger partial charge is 0.347 e. The third kappa shape index (κ3) is 3.45. The van der Waals surface area contributed by atoms with Crippen LogP contribution in [0.3, 0.4) is 0 Å². The number of aromatic nitrogens is 4. The van der Waals surface area contributed by atoms with E-state index in [0.717, 1.165) is 11.3 Å². The molecule has 0 saturated carbocycles. The highest BCUT2D eigenvalue weighted by atomic mass is 32.1. The first kappa shape index (κ1) is 13.8. The van der Waals surface area contributed by atoms with Gasteiger partial charge in [-0.2, -0.15) is 5.10 Å². The summed E-state index contributed by atoms with van der Waals surface area (Å²) >= 11 is 1.02. The second-order valence-corrected chi connectivity index (χ2v) is 4.68. The van der Waals surface area contributed by atoms with E-state index >= 15 is 0 Å². The van der Waals surface area contributed by atoms with Gasteiger partial charge in [0.15, 0.2) is 0 Å². The van der Waals surface area contributed by atoms with Crippen LogP contribution in [0, 0.1) is 6.92 Å². The van der Waals surface area contributed by atoms with Gasteiger partial charge in [0.25, 0.3) is 5.95 Å². The van der Waals surface area contributed by atoms with Gasteiger partial charge in [-0.3, -0.25) is 5.32 Å². The minimum absolute atomic E-state index is 0.0755. The van der Waals surface area contributed by atoms with E-state index in [-0.39, 0.29) is 17.4 Å². The van der Waals surface area contributed by atoms with Gasteiger partial charge in [0, 0.05) is 0 Å². The summed E-state index contributed by atoms with van der Waals surface area (Å²) in [6.07, 6.45) is 2.78. The third-order valence-corrected chi connectivity index (χ3v) is 3.29. The van der Waals surface area contributed by atoms with Gasteiger partial charge < -0.3 is 10.4 Å². The highest BCUT2D eigenvalue weighted by Crippen LogP contribution is 2.17. The molecule has 0 aliphatic carbocycles. The van der Waals surface area contributed by atoms with Crippen molar-refractivity contribution >= 4 is 29.3 Å². The van der Waals surface area contributed by atoms with Crippen molar-refractivity contribution in [2.75, 3.05) is 5.32 Å². The molecular formula is C10H10N6O3S. The van der Waals surface area contributed by atoms with Crippen LogP contribution in [-0.2, 0) is 6.54 Å². The van der Waals surface area contributed by atoms with Crippen molar-refractivity contribution in [2.24, 2.45) is 0 Å². The van der Waals surface area contributed by atoms with E-state index < -0.39 is 12.0 Å². The molecule has 20 heavy (non-hydrogen) atoms. The molecule has 0 radical (unpaired) electrons. The number of amides is 2. The molecule has 2 aromatic heterocycles. The Kier molecular flexibility index (Phi) is 4.15. The quantitative estimate of drug-likeness (QED) is 0.754. The molecule has 104 valence electrons. The van der Waals surface area contributed by atoms with Crippen LogP contribution in [0.25, 0.3) is 0 Å². The predicted octanol–water partition coefficient (Wildman–Crippen LogP) is 0.656. The SMILES string of the molecule is Cc1nc(CNC(=O)Nc2nccnn2)sc1C(=O)O. The lowest BCUT2D eigenvalue weighted by atomic mass is 10.4. The summed E-state index contributed by atoms with van der Waals surface area (Å²) in [4.78, 5) is 30.4. The summed E-state index contributed by atoms with van der Waals surface area (Å²) in [5, 5.41) is 21.5. The number of rotatable bonds is 4. The number of carbonyl (C=O) groups excluding carboxylic acids is 1. The number of hydrogen-bond donors (Lipinski definition) is 3. The number of nitrogens with one attached hydrogen (secondary N) is 2. The third-order valence-electron chi connectivity index (χ3n) is 2.14. The molecule has 0 spiro atoms. The lowest BCUT2D eigenvalue weighted by Crippen LogP contribution is -2.29. The highest BCUT2D eigenvalue weighted by Gasteiger charge is 2.14. The van der Waals surface area contributed by atoms with Crippen molar-refractivity contribution in [1.29, 1.82) is 0 Å². The van der Waals surface area contributed by atoms with Crippen molar-refractivity contribution in [1.82, 2.24) is 25.5 Å². The van der Waals surface area contributed by atoms with E-state index in [1.807, 2.05) is 0 Å². The van der Waals surface area contributed by atoms with E-state index in [1.165, 1.54) is 12.4 Å². The number of urea groups is 1. The van der Waals surface area contributed by atoms with E-state index in [0.29, 0.717) is 10.7 Å². The van der Waals surface area contributed by atoms with Crippen LogP contribution < -0.4 is 10.6 Å². The van der Waals surface area contributed by atoms with E-state index in [2.05, 4.69) is 30.8 Å². The van der Waals surface area contributed by atoms with Gasteiger partial charge in [-0.1, -0.05) is 0 Å². The molecule has 2 amide bonds. The van der Waals surface area contributed by atoms with Gasteiger partial charge in [0.1, 0.15) is 9.88 Å². The standard InChI is InChI=1S/C10H10N6O3S/c1-5-7(8(17)18)20-6(14-5)4-12-10(19)15-9-11-2-3-13-16-9/h2-3H,4H2,1H3,(H,17,18)(H2,11,12,15,16,19). The molecule has 0 atom stereocenters. The Labute approximate surface area is 117 Å². The van der Waals surface area contributed by atoms with Crippen LogP contribution in [0.15, 0.2) is 12.4 Å². The maximum absolute atomic E-state index is 11.5. The Morgan fingerprint density at radius 1 is 1.40 bits per heavy atom. The van der Waals surface area contributed by atoms with Crippen molar-refractivity contribution < 1.29 is 14.7 Å². The number of carbonyl (C=O) groups is 2. The minimum atomic E-state index is -1.03. The highest BCUT2D eigenvalue weighted by molar-refractivity contribution is 7.13. The molecule has 9 nitrogen and oxygen atoms in total. The van der Waals surface area contributed by atoms with Crippen molar-refractivity contribution in [3.8, 4) is 0 Å². The molecule has 2 heterocycles. The zero-order valence-electron chi connectivity index (χ0n) is 10.3. The fourth-order valence-corrected chi connectivity index (χ4v) is 2.18. The summed E-state index contributed by atoms with van der Waals surface area (Å²) < 4.78 is 0. The van der Waals surface area contributed by atoms with Crippen LogP contribution in [-0.4, -0.2) is 37.3 Å². The topological polar surface area (TPSA) is 130 Å². The zero-order chi connectivity index (χ0) is 14.5. The summed E-state index contributed by atoms with van der Waals surface area (Å²) in [7, 11) is 0. The number of aryl methyl sites for hydroxylation is 1. The molecule has 0 unspecified atom stereocenters. The van der Waals surface area contributed by atoms with Crippen molar-refractivity contribution in [2.45, 2.75) is 13.5 Å². The maximum atomic E-state index is 11.5. The minimum Gasteiger partial charge on any atom is -0.477 e. The number of carboxylic acid groups (broad SMARTS) is 1. The summed E-state index contributed by atoms with van der Waals surface area (Å²) in [6, 6.07) is -0.525. The second kappa shape index (κ2) is 6.02. The number of nitrogens with zero attached hydrogens (tertiary/aromatic N) is 4. The van der Waals surface area contributed by atoms with Gasteiger partial charge in [0.2, 0.25) is 0 Å². The van der Waals surface area contributed by atoms with E-state index in [4.69, 9.17) is 5.11 Å². The number of aromatic carboxylic acids is 1. The van der Waals surface area contributed by atoms with Crippen molar-refractivity contribution in [3.05, 3.63) is 28.0 Å². The average Bonchev–Trinajstić information content (AvgIpc) is 2.79. The normalized spacial score (nSPS) is 10.1. The van der Waals surface area contributed by atoms with Gasteiger partial charge >= 0.3 is 12.0 Å². The average molecular weight is 294 g/mol. The Morgan fingerprint density at radius 3 is 2.80 bits per heavy atom. The molecule has 0 bridgehead atoms. The van der Waals surface area contributed by atoms with Crippen LogP contribution >= 0.6 is 11.3 Å². The zero-order valence-corrected chi connectivity index (χ0v) is 11.1. The summed E-state index contributed by atoms with van der Waals surface area (Å²) in [5.41, 5.74) is 0.426. The molecule has 2 rings (SSSR count). The number of anilines is 1. The maximum Gasteiger partial charge on any atom is 0.347 e. The van der Waals surface area contributed by atoms with Crippen molar-refractivity contribution in [3.63, 3.8) is 0 Å². The fraction of sp³-hybridized carbons (Fsp3) is 0.200. The van der Waals surface area contributed by atoms with Gasteiger partial charge in [0.05, 0.1) is 24.6 Å². The monoisotopic (exact) mass is 294 g/mol. The molecule has 0 aromatic carbocycles.